The van der Waals surface area contributed by atoms with Crippen LogP contribution in [0.4, 0.5) is 0 Å². The van der Waals surface area contributed by atoms with Gasteiger partial charge in [-0.25, -0.2) is 0 Å². The number of benzene rings is 1. The van der Waals surface area contributed by atoms with Crippen LogP contribution in [0, 0.1) is 4.77 Å². The average Bonchev–Trinajstić information content (AvgIpc) is 2.53. The molecule has 0 atom stereocenters. The molecular formula is C17H20N2O3S. The van der Waals surface area contributed by atoms with Gasteiger partial charge in [-0.3, -0.25) is 9.78 Å². The van der Waals surface area contributed by atoms with Gasteiger partial charge in [0.05, 0.1) is 12.2 Å². The summed E-state index contributed by atoms with van der Waals surface area (Å²) in [5.74, 6) is 1.21. The Hall–Kier alpha value is -1.92. The zero-order chi connectivity index (χ0) is 16.2. The third-order valence-corrected chi connectivity index (χ3v) is 4.09. The molecular weight excluding hydrogens is 312 g/mol. The van der Waals surface area contributed by atoms with Crippen molar-refractivity contribution in [1.82, 2.24) is 9.97 Å². The highest BCUT2D eigenvalue weighted by Crippen LogP contribution is 2.33. The van der Waals surface area contributed by atoms with E-state index in [1.165, 1.54) is 5.56 Å². The Morgan fingerprint density at radius 3 is 3.00 bits per heavy atom. The molecule has 2 aromatic rings. The van der Waals surface area contributed by atoms with Crippen molar-refractivity contribution in [3.63, 3.8) is 0 Å². The normalized spacial score (nSPS) is 12.4. The van der Waals surface area contributed by atoms with Crippen molar-refractivity contribution in [3.05, 3.63) is 50.0 Å². The van der Waals surface area contributed by atoms with Crippen LogP contribution in [-0.2, 0) is 17.6 Å². The van der Waals surface area contributed by atoms with Gasteiger partial charge in [0.2, 0.25) is 5.88 Å². The lowest BCUT2D eigenvalue weighted by molar-refractivity contribution is 0.134. The second-order valence-corrected chi connectivity index (χ2v) is 6.06. The molecule has 2 heterocycles. The van der Waals surface area contributed by atoms with Crippen LogP contribution in [0.5, 0.6) is 11.6 Å². The molecule has 1 aliphatic rings. The van der Waals surface area contributed by atoms with Gasteiger partial charge in [0, 0.05) is 13.0 Å². The molecule has 1 aromatic heterocycles. The van der Waals surface area contributed by atoms with E-state index in [2.05, 4.69) is 23.0 Å². The molecule has 5 nitrogen and oxygen atoms in total. The smallest absolute Gasteiger partial charge is 0.259 e. The van der Waals surface area contributed by atoms with E-state index in [1.807, 2.05) is 12.1 Å². The summed E-state index contributed by atoms with van der Waals surface area (Å²) in [6, 6.07) is 6.06. The molecule has 1 aromatic carbocycles. The number of aromatic nitrogens is 2. The molecule has 2 N–H and O–H groups in total. The van der Waals surface area contributed by atoms with E-state index in [0.29, 0.717) is 24.5 Å². The second-order valence-electron chi connectivity index (χ2n) is 5.65. The van der Waals surface area contributed by atoms with Gasteiger partial charge < -0.3 is 14.5 Å². The molecule has 0 fully saturated rings. The minimum absolute atomic E-state index is 0.192. The summed E-state index contributed by atoms with van der Waals surface area (Å²) in [6.45, 7) is 3.68. The minimum atomic E-state index is -0.192. The monoisotopic (exact) mass is 332 g/mol. The number of unbranched alkanes of at least 4 members (excludes halogenated alkanes) is 1. The first kappa shape index (κ1) is 16.0. The molecule has 6 heteroatoms. The average molecular weight is 332 g/mol. The van der Waals surface area contributed by atoms with Crippen LogP contribution in [0.2, 0.25) is 0 Å². The predicted molar refractivity (Wildman–Crippen MR) is 91.0 cm³/mol. The van der Waals surface area contributed by atoms with Crippen molar-refractivity contribution >= 4 is 12.2 Å². The standard InChI is InChI=1S/C17H20N2O3S/c1-2-3-7-21-8-6-11-4-5-14-12(9-11)10-13-15(20)18-17(23)19-16(13)22-14/h4-5,9H,2-3,6-8,10H2,1H3,(H2,18,19,20,23). The number of H-pyrrole nitrogens is 2. The third-order valence-electron chi connectivity index (χ3n) is 3.88. The molecule has 122 valence electrons. The van der Waals surface area contributed by atoms with E-state index >= 15 is 0 Å². The molecule has 0 saturated heterocycles. The van der Waals surface area contributed by atoms with Gasteiger partial charge in [-0.2, -0.15) is 0 Å². The molecule has 0 aliphatic carbocycles. The first-order chi connectivity index (χ1) is 11.2. The van der Waals surface area contributed by atoms with Gasteiger partial charge in [0.25, 0.3) is 5.56 Å². The molecule has 0 bridgehead atoms. The van der Waals surface area contributed by atoms with Gasteiger partial charge >= 0.3 is 0 Å². The molecule has 1 aliphatic heterocycles. The fourth-order valence-electron chi connectivity index (χ4n) is 2.60. The van der Waals surface area contributed by atoms with E-state index in [9.17, 15) is 4.79 Å². The summed E-state index contributed by atoms with van der Waals surface area (Å²) < 4.78 is 11.7. The van der Waals surface area contributed by atoms with Crippen molar-refractivity contribution in [2.45, 2.75) is 32.6 Å². The van der Waals surface area contributed by atoms with E-state index < -0.39 is 0 Å². The van der Waals surface area contributed by atoms with Crippen molar-refractivity contribution in [2.75, 3.05) is 13.2 Å². The quantitative estimate of drug-likeness (QED) is 0.536. The fourth-order valence-corrected chi connectivity index (χ4v) is 2.79. The Morgan fingerprint density at radius 1 is 1.30 bits per heavy atom. The number of hydrogen-bond donors (Lipinski definition) is 2. The number of hydrogen-bond acceptors (Lipinski definition) is 4. The highest BCUT2D eigenvalue weighted by atomic mass is 32.1. The van der Waals surface area contributed by atoms with E-state index in [0.717, 1.165) is 37.2 Å². The lowest BCUT2D eigenvalue weighted by Gasteiger charge is -2.19. The summed E-state index contributed by atoms with van der Waals surface area (Å²) in [7, 11) is 0. The van der Waals surface area contributed by atoms with E-state index in [-0.39, 0.29) is 10.3 Å². The number of nitrogens with one attached hydrogen (secondary N) is 2. The van der Waals surface area contributed by atoms with Gasteiger partial charge in [-0.05, 0) is 42.3 Å². The van der Waals surface area contributed by atoms with Crippen LogP contribution in [0.15, 0.2) is 23.0 Å². The third kappa shape index (κ3) is 3.71. The lowest BCUT2D eigenvalue weighted by atomic mass is 10.00. The summed E-state index contributed by atoms with van der Waals surface area (Å²) in [5.41, 5.74) is 2.59. The Kier molecular flexibility index (Phi) is 4.93. The van der Waals surface area contributed by atoms with Crippen LogP contribution in [0.25, 0.3) is 0 Å². The van der Waals surface area contributed by atoms with E-state index in [4.69, 9.17) is 21.7 Å². The number of rotatable bonds is 6. The van der Waals surface area contributed by atoms with E-state index in [1.54, 1.807) is 0 Å². The molecule has 0 unspecified atom stereocenters. The van der Waals surface area contributed by atoms with Crippen LogP contribution in [-0.4, -0.2) is 23.2 Å². The Bertz CT molecular complexity index is 810. The molecule has 0 spiro atoms. The molecule has 0 saturated carbocycles. The lowest BCUT2D eigenvalue weighted by Crippen LogP contribution is -2.19. The zero-order valence-electron chi connectivity index (χ0n) is 13.1. The number of fused-ring (bicyclic) bond motifs is 2. The van der Waals surface area contributed by atoms with Crippen molar-refractivity contribution in [2.24, 2.45) is 0 Å². The van der Waals surface area contributed by atoms with Crippen molar-refractivity contribution < 1.29 is 9.47 Å². The molecule has 0 amide bonds. The maximum Gasteiger partial charge on any atom is 0.259 e. The van der Waals surface area contributed by atoms with Crippen LogP contribution in [0.1, 0.15) is 36.5 Å². The van der Waals surface area contributed by atoms with Gasteiger partial charge in [-0.15, -0.1) is 0 Å². The predicted octanol–water partition coefficient (Wildman–Crippen LogP) is 3.49. The first-order valence-corrected chi connectivity index (χ1v) is 8.31. The van der Waals surface area contributed by atoms with Crippen molar-refractivity contribution in [3.8, 4) is 11.6 Å². The summed E-state index contributed by atoms with van der Waals surface area (Å²) >= 11 is 4.98. The largest absolute Gasteiger partial charge is 0.440 e. The highest BCUT2D eigenvalue weighted by Gasteiger charge is 2.20. The molecule has 0 radical (unpaired) electrons. The Labute approximate surface area is 139 Å². The second kappa shape index (κ2) is 7.10. The van der Waals surface area contributed by atoms with Gasteiger partial charge in [0.15, 0.2) is 4.77 Å². The summed E-state index contributed by atoms with van der Waals surface area (Å²) in [6.07, 6.45) is 3.64. The van der Waals surface area contributed by atoms with Crippen LogP contribution in [0.3, 0.4) is 0 Å². The zero-order valence-corrected chi connectivity index (χ0v) is 13.9. The minimum Gasteiger partial charge on any atom is -0.440 e. The highest BCUT2D eigenvalue weighted by molar-refractivity contribution is 7.71. The Morgan fingerprint density at radius 2 is 2.17 bits per heavy atom. The number of ether oxygens (including phenoxy) is 2. The molecule has 3 rings (SSSR count). The van der Waals surface area contributed by atoms with Crippen molar-refractivity contribution in [1.29, 1.82) is 0 Å². The maximum atomic E-state index is 12.0. The Balaban J connectivity index is 1.73. The van der Waals surface area contributed by atoms with Crippen LogP contribution < -0.4 is 10.3 Å². The number of aromatic amines is 2. The topological polar surface area (TPSA) is 67.1 Å². The first-order valence-electron chi connectivity index (χ1n) is 7.90. The summed E-state index contributed by atoms with van der Waals surface area (Å²) in [4.78, 5) is 17.5. The van der Waals surface area contributed by atoms with Gasteiger partial charge in [0.1, 0.15) is 5.75 Å². The fraction of sp³-hybridized carbons (Fsp3) is 0.412. The summed E-state index contributed by atoms with van der Waals surface area (Å²) in [5, 5.41) is 0. The molecule has 23 heavy (non-hydrogen) atoms. The maximum absolute atomic E-state index is 12.0. The SMILES string of the molecule is CCCCOCCc1ccc2c(c1)Cc1c([nH]c(=S)[nH]c1=O)O2. The van der Waals surface area contributed by atoms with Crippen LogP contribution >= 0.6 is 12.2 Å². The van der Waals surface area contributed by atoms with Gasteiger partial charge in [-0.1, -0.05) is 25.5 Å².